The summed E-state index contributed by atoms with van der Waals surface area (Å²) in [6, 6.07) is 21.2. The summed E-state index contributed by atoms with van der Waals surface area (Å²) in [4.78, 5) is 11.5. The predicted molar refractivity (Wildman–Crippen MR) is 107 cm³/mol. The van der Waals surface area contributed by atoms with Gasteiger partial charge >= 0.3 is 0 Å². The minimum atomic E-state index is 0.0901. The van der Waals surface area contributed by atoms with Crippen LogP contribution in [0.4, 0.5) is 0 Å². The zero-order chi connectivity index (χ0) is 18.4. The van der Waals surface area contributed by atoms with E-state index in [4.69, 9.17) is 4.74 Å². The van der Waals surface area contributed by atoms with E-state index in [9.17, 15) is 4.79 Å². The van der Waals surface area contributed by atoms with Gasteiger partial charge in [-0.05, 0) is 52.4 Å². The summed E-state index contributed by atoms with van der Waals surface area (Å²) in [6.07, 6.45) is 2.22. The number of carbonyl (C=O) groups excluding carboxylic acids is 1. The Morgan fingerprint density at radius 2 is 1.81 bits per heavy atom. The summed E-state index contributed by atoms with van der Waals surface area (Å²) < 4.78 is 5.39. The molecule has 26 heavy (non-hydrogen) atoms. The summed E-state index contributed by atoms with van der Waals surface area (Å²) in [5.41, 5.74) is 3.82. The van der Waals surface area contributed by atoms with E-state index in [0.29, 0.717) is 13.0 Å². The van der Waals surface area contributed by atoms with E-state index in [1.807, 2.05) is 19.1 Å². The molecule has 3 aromatic rings. The highest BCUT2D eigenvalue weighted by atomic mass is 16.5. The van der Waals surface area contributed by atoms with Gasteiger partial charge < -0.3 is 10.1 Å². The number of carbonyl (C=O) groups is 1. The normalized spacial score (nSPS) is 10.7. The second kappa shape index (κ2) is 8.52. The van der Waals surface area contributed by atoms with Gasteiger partial charge in [0.05, 0.1) is 7.11 Å². The number of hydrogen-bond acceptors (Lipinski definition) is 2. The van der Waals surface area contributed by atoms with E-state index in [-0.39, 0.29) is 5.91 Å². The van der Waals surface area contributed by atoms with Gasteiger partial charge in [-0.15, -0.1) is 0 Å². The van der Waals surface area contributed by atoms with Gasteiger partial charge in [0.1, 0.15) is 5.75 Å². The Hall–Kier alpha value is -2.81. The van der Waals surface area contributed by atoms with Crippen molar-refractivity contribution in [2.75, 3.05) is 13.7 Å². The van der Waals surface area contributed by atoms with Crippen molar-refractivity contribution in [3.8, 4) is 5.75 Å². The second-order valence-electron chi connectivity index (χ2n) is 6.46. The SMILES string of the molecule is CCC(=O)NCCc1cc(Cc2ccccc2)cc2ccc(OC)cc12. The van der Waals surface area contributed by atoms with Crippen LogP contribution >= 0.6 is 0 Å². The summed E-state index contributed by atoms with van der Waals surface area (Å²) in [7, 11) is 1.69. The van der Waals surface area contributed by atoms with Gasteiger partial charge in [0.15, 0.2) is 0 Å². The van der Waals surface area contributed by atoms with E-state index in [1.165, 1.54) is 27.5 Å². The van der Waals surface area contributed by atoms with Gasteiger partial charge in [0, 0.05) is 13.0 Å². The molecule has 1 amide bonds. The number of nitrogens with one attached hydrogen (secondary N) is 1. The van der Waals surface area contributed by atoms with E-state index < -0.39 is 0 Å². The summed E-state index contributed by atoms with van der Waals surface area (Å²) >= 11 is 0. The lowest BCUT2D eigenvalue weighted by molar-refractivity contribution is -0.120. The maximum Gasteiger partial charge on any atom is 0.219 e. The predicted octanol–water partition coefficient (Wildman–Crippen LogP) is 4.51. The van der Waals surface area contributed by atoms with E-state index in [2.05, 4.69) is 53.8 Å². The lowest BCUT2D eigenvalue weighted by Crippen LogP contribution is -2.24. The monoisotopic (exact) mass is 347 g/mol. The quantitative estimate of drug-likeness (QED) is 0.683. The molecule has 1 N–H and O–H groups in total. The first kappa shape index (κ1) is 18.0. The molecule has 0 heterocycles. The number of ether oxygens (including phenoxy) is 1. The van der Waals surface area contributed by atoms with Crippen LogP contribution in [0.3, 0.4) is 0 Å². The van der Waals surface area contributed by atoms with Gasteiger partial charge in [-0.3, -0.25) is 4.79 Å². The average Bonchev–Trinajstić information content (AvgIpc) is 2.68. The Bertz CT molecular complexity index is 887. The van der Waals surface area contributed by atoms with Crippen molar-refractivity contribution >= 4 is 16.7 Å². The van der Waals surface area contributed by atoms with Crippen molar-refractivity contribution in [1.82, 2.24) is 5.32 Å². The number of hydrogen-bond donors (Lipinski definition) is 1. The Morgan fingerprint density at radius 1 is 1.00 bits per heavy atom. The molecule has 0 fully saturated rings. The third-order valence-corrected chi connectivity index (χ3v) is 4.60. The fraction of sp³-hybridized carbons (Fsp3) is 0.261. The molecule has 0 spiro atoms. The standard InChI is InChI=1S/C23H25NO2/c1-3-23(25)24-12-11-20-15-18(13-17-7-5-4-6-8-17)14-19-9-10-21(26-2)16-22(19)20/h4-10,14-16H,3,11-13H2,1-2H3,(H,24,25). The fourth-order valence-electron chi connectivity index (χ4n) is 3.21. The van der Waals surface area contributed by atoms with Gasteiger partial charge in [-0.1, -0.05) is 55.5 Å². The van der Waals surface area contributed by atoms with Crippen LogP contribution in [-0.4, -0.2) is 19.6 Å². The maximum atomic E-state index is 11.5. The Kier molecular flexibility index (Phi) is 5.90. The van der Waals surface area contributed by atoms with Crippen LogP contribution in [0.5, 0.6) is 5.75 Å². The molecule has 0 saturated heterocycles. The Morgan fingerprint density at radius 3 is 2.54 bits per heavy atom. The van der Waals surface area contributed by atoms with E-state index >= 15 is 0 Å². The van der Waals surface area contributed by atoms with Crippen molar-refractivity contribution in [2.45, 2.75) is 26.2 Å². The van der Waals surface area contributed by atoms with E-state index in [1.54, 1.807) is 7.11 Å². The highest BCUT2D eigenvalue weighted by molar-refractivity contribution is 5.88. The molecule has 0 bridgehead atoms. The molecule has 0 unspecified atom stereocenters. The number of methoxy groups -OCH3 is 1. The van der Waals surface area contributed by atoms with Crippen LogP contribution in [-0.2, 0) is 17.6 Å². The first-order valence-electron chi connectivity index (χ1n) is 9.09. The summed E-state index contributed by atoms with van der Waals surface area (Å²) in [5, 5.41) is 5.36. The van der Waals surface area contributed by atoms with E-state index in [0.717, 1.165) is 18.6 Å². The number of fused-ring (bicyclic) bond motifs is 1. The van der Waals surface area contributed by atoms with Crippen molar-refractivity contribution in [3.63, 3.8) is 0 Å². The molecule has 134 valence electrons. The number of rotatable bonds is 7. The van der Waals surface area contributed by atoms with Gasteiger partial charge in [0.25, 0.3) is 0 Å². The molecule has 0 aliphatic rings. The molecule has 0 saturated carbocycles. The first-order valence-corrected chi connectivity index (χ1v) is 9.09. The highest BCUT2D eigenvalue weighted by Crippen LogP contribution is 2.27. The van der Waals surface area contributed by atoms with Crippen LogP contribution < -0.4 is 10.1 Å². The molecule has 3 nitrogen and oxygen atoms in total. The Balaban J connectivity index is 1.92. The van der Waals surface area contributed by atoms with Gasteiger partial charge in [-0.25, -0.2) is 0 Å². The topological polar surface area (TPSA) is 38.3 Å². The zero-order valence-corrected chi connectivity index (χ0v) is 15.4. The average molecular weight is 347 g/mol. The van der Waals surface area contributed by atoms with Crippen LogP contribution in [0.1, 0.15) is 30.0 Å². The summed E-state index contributed by atoms with van der Waals surface area (Å²) in [6.45, 7) is 2.52. The molecule has 0 atom stereocenters. The minimum Gasteiger partial charge on any atom is -0.497 e. The number of benzene rings is 3. The molecule has 0 aliphatic heterocycles. The molecule has 0 radical (unpaired) electrons. The van der Waals surface area contributed by atoms with Crippen LogP contribution in [0.15, 0.2) is 60.7 Å². The Labute approximate surface area is 155 Å². The lowest BCUT2D eigenvalue weighted by Gasteiger charge is -2.13. The second-order valence-corrected chi connectivity index (χ2v) is 6.46. The molecule has 3 aromatic carbocycles. The molecular formula is C23H25NO2. The molecule has 0 aliphatic carbocycles. The van der Waals surface area contributed by atoms with Gasteiger partial charge in [0.2, 0.25) is 5.91 Å². The maximum absolute atomic E-state index is 11.5. The third-order valence-electron chi connectivity index (χ3n) is 4.60. The van der Waals surface area contributed by atoms with Crippen LogP contribution in [0.25, 0.3) is 10.8 Å². The first-order chi connectivity index (χ1) is 12.7. The molecule has 3 heteroatoms. The minimum absolute atomic E-state index is 0.0901. The lowest BCUT2D eigenvalue weighted by atomic mass is 9.95. The van der Waals surface area contributed by atoms with Crippen molar-refractivity contribution < 1.29 is 9.53 Å². The van der Waals surface area contributed by atoms with Gasteiger partial charge in [-0.2, -0.15) is 0 Å². The number of amides is 1. The zero-order valence-electron chi connectivity index (χ0n) is 15.4. The van der Waals surface area contributed by atoms with Crippen LogP contribution in [0, 0.1) is 0 Å². The van der Waals surface area contributed by atoms with Crippen molar-refractivity contribution in [1.29, 1.82) is 0 Å². The smallest absolute Gasteiger partial charge is 0.219 e. The third kappa shape index (κ3) is 4.42. The summed E-state index contributed by atoms with van der Waals surface area (Å²) in [5.74, 6) is 0.944. The van der Waals surface area contributed by atoms with Crippen molar-refractivity contribution in [3.05, 3.63) is 77.4 Å². The van der Waals surface area contributed by atoms with Crippen LogP contribution in [0.2, 0.25) is 0 Å². The fourth-order valence-corrected chi connectivity index (χ4v) is 3.21. The van der Waals surface area contributed by atoms with Crippen molar-refractivity contribution in [2.24, 2.45) is 0 Å². The molecule has 3 rings (SSSR count). The molecule has 0 aromatic heterocycles. The largest absolute Gasteiger partial charge is 0.497 e. The highest BCUT2D eigenvalue weighted by Gasteiger charge is 2.08. The molecular weight excluding hydrogens is 322 g/mol.